The van der Waals surface area contributed by atoms with Gasteiger partial charge in [-0.2, -0.15) is 5.26 Å². The summed E-state index contributed by atoms with van der Waals surface area (Å²) in [6.45, 7) is 5.20. The molecule has 29 heavy (non-hydrogen) atoms. The minimum absolute atomic E-state index is 0.237. The fourth-order valence-electron chi connectivity index (χ4n) is 3.17. The monoisotopic (exact) mass is 405 g/mol. The summed E-state index contributed by atoms with van der Waals surface area (Å²) in [6.07, 6.45) is -4.52. The lowest BCUT2D eigenvalue weighted by molar-refractivity contribution is -0.253. The molecular formula is C20H27N3O6. The fourth-order valence-corrected chi connectivity index (χ4v) is 3.17. The zero-order valence-corrected chi connectivity index (χ0v) is 16.4. The molecule has 1 fully saturated rings. The largest absolute Gasteiger partial charge is 0.394 e. The van der Waals surface area contributed by atoms with E-state index < -0.39 is 43.2 Å². The van der Waals surface area contributed by atoms with E-state index in [1.807, 2.05) is 26.0 Å². The van der Waals surface area contributed by atoms with Gasteiger partial charge in [0.1, 0.15) is 36.0 Å². The third-order valence-electron chi connectivity index (χ3n) is 4.90. The van der Waals surface area contributed by atoms with E-state index in [2.05, 4.69) is 10.2 Å². The number of ether oxygens (including phenoxy) is 1. The van der Waals surface area contributed by atoms with Crippen LogP contribution < -0.4 is 10.2 Å². The Morgan fingerprint density at radius 1 is 1.21 bits per heavy atom. The van der Waals surface area contributed by atoms with E-state index in [-0.39, 0.29) is 5.57 Å². The molecule has 0 radical (unpaired) electrons. The lowest BCUT2D eigenvalue weighted by Gasteiger charge is -2.40. The van der Waals surface area contributed by atoms with E-state index in [1.54, 1.807) is 18.2 Å². The molecule has 1 aromatic carbocycles. The van der Waals surface area contributed by atoms with Gasteiger partial charge in [0.2, 0.25) is 0 Å². The van der Waals surface area contributed by atoms with Crippen molar-refractivity contribution in [2.24, 2.45) is 0 Å². The number of benzene rings is 1. The Morgan fingerprint density at radius 3 is 2.34 bits per heavy atom. The number of carbonyl (C=O) groups excluding carboxylic acids is 1. The minimum Gasteiger partial charge on any atom is -0.394 e. The van der Waals surface area contributed by atoms with Crippen LogP contribution in [0.5, 0.6) is 0 Å². The lowest BCUT2D eigenvalue weighted by atomic mass is 9.96. The van der Waals surface area contributed by atoms with E-state index in [1.165, 1.54) is 6.08 Å². The van der Waals surface area contributed by atoms with Gasteiger partial charge in [0.05, 0.1) is 6.61 Å². The molecule has 0 aromatic heterocycles. The molecule has 1 aliphatic heterocycles. The number of nitriles is 1. The molecule has 1 saturated heterocycles. The quantitative estimate of drug-likeness (QED) is 0.297. The summed E-state index contributed by atoms with van der Waals surface area (Å²) in [7, 11) is 0. The van der Waals surface area contributed by atoms with Crippen molar-refractivity contribution in [3.63, 3.8) is 0 Å². The molecule has 9 nitrogen and oxygen atoms in total. The van der Waals surface area contributed by atoms with Crippen molar-refractivity contribution in [3.05, 3.63) is 35.4 Å². The van der Waals surface area contributed by atoms with Crippen LogP contribution >= 0.6 is 0 Å². The normalized spacial score (nSPS) is 27.2. The molecule has 5 N–H and O–H groups in total. The summed E-state index contributed by atoms with van der Waals surface area (Å²) in [5.41, 5.74) is 1.42. The second-order valence-corrected chi connectivity index (χ2v) is 6.66. The molecular weight excluding hydrogens is 378 g/mol. The van der Waals surface area contributed by atoms with E-state index in [9.17, 15) is 25.4 Å². The molecule has 0 bridgehead atoms. The maximum atomic E-state index is 12.4. The van der Waals surface area contributed by atoms with Crippen molar-refractivity contribution in [1.29, 1.82) is 5.26 Å². The first-order chi connectivity index (χ1) is 13.9. The number of aliphatic hydroxyl groups is 4. The van der Waals surface area contributed by atoms with Crippen LogP contribution in [0.2, 0.25) is 0 Å². The van der Waals surface area contributed by atoms with Crippen molar-refractivity contribution in [1.82, 2.24) is 5.32 Å². The van der Waals surface area contributed by atoms with Gasteiger partial charge in [-0.15, -0.1) is 0 Å². The molecule has 1 aromatic rings. The average molecular weight is 405 g/mol. The molecule has 158 valence electrons. The van der Waals surface area contributed by atoms with Crippen LogP contribution in [0.1, 0.15) is 19.4 Å². The highest BCUT2D eigenvalue weighted by Crippen LogP contribution is 2.21. The maximum absolute atomic E-state index is 12.4. The third-order valence-corrected chi connectivity index (χ3v) is 4.90. The summed E-state index contributed by atoms with van der Waals surface area (Å²) >= 11 is 0. The Morgan fingerprint density at radius 2 is 1.83 bits per heavy atom. The summed E-state index contributed by atoms with van der Waals surface area (Å²) < 4.78 is 4.99. The van der Waals surface area contributed by atoms with E-state index in [0.29, 0.717) is 5.56 Å². The van der Waals surface area contributed by atoms with Gasteiger partial charge in [-0.05, 0) is 37.6 Å². The first-order valence-electron chi connectivity index (χ1n) is 9.44. The molecule has 0 aliphatic carbocycles. The number of hydrogen-bond acceptors (Lipinski definition) is 8. The Hall–Kier alpha value is -2.48. The van der Waals surface area contributed by atoms with Gasteiger partial charge in [0.25, 0.3) is 5.91 Å². The Labute approximate surface area is 169 Å². The second-order valence-electron chi connectivity index (χ2n) is 6.66. The number of amides is 1. The molecule has 1 unspecified atom stereocenters. The Kier molecular flexibility index (Phi) is 8.13. The zero-order chi connectivity index (χ0) is 21.6. The SMILES string of the molecule is CCN(CC)c1ccc(/C=C(\C#N)C(=O)N[C@H]2C(O)O[C@H](CO)[C@@H](O)[C@@H]2O)cc1. The number of nitrogens with zero attached hydrogens (tertiary/aromatic N) is 2. The van der Waals surface area contributed by atoms with Crippen LogP contribution in [0.15, 0.2) is 29.8 Å². The average Bonchev–Trinajstić information content (AvgIpc) is 2.73. The number of carbonyl (C=O) groups is 1. The third kappa shape index (κ3) is 5.32. The molecule has 5 atom stereocenters. The lowest BCUT2D eigenvalue weighted by Crippen LogP contribution is -2.64. The van der Waals surface area contributed by atoms with Gasteiger partial charge in [-0.25, -0.2) is 0 Å². The predicted octanol–water partition coefficient (Wildman–Crippen LogP) is -0.644. The Balaban J connectivity index is 2.13. The highest BCUT2D eigenvalue weighted by Gasteiger charge is 2.44. The first kappa shape index (κ1) is 22.8. The standard InChI is InChI=1S/C20H27N3O6/c1-3-23(4-2)14-7-5-12(6-8-14)9-13(10-21)19(27)22-16-18(26)17(25)15(11-24)29-20(16)28/h5-9,15-18,20,24-26,28H,3-4,11H2,1-2H3,(H,22,27)/b13-9+/t15-,16-,17-,18-,20?/m1/s1. The number of nitrogens with one attached hydrogen (secondary N) is 1. The van der Waals surface area contributed by atoms with Crippen LogP contribution in [0, 0.1) is 11.3 Å². The van der Waals surface area contributed by atoms with Crippen molar-refractivity contribution in [2.45, 2.75) is 44.5 Å². The summed E-state index contributed by atoms with van der Waals surface area (Å²) in [5.74, 6) is -0.832. The minimum atomic E-state index is -1.65. The van der Waals surface area contributed by atoms with E-state index in [4.69, 9.17) is 9.84 Å². The van der Waals surface area contributed by atoms with Crippen molar-refractivity contribution in [2.75, 3.05) is 24.6 Å². The van der Waals surface area contributed by atoms with Crippen molar-refractivity contribution in [3.8, 4) is 6.07 Å². The fraction of sp³-hybridized carbons (Fsp3) is 0.500. The van der Waals surface area contributed by atoms with Crippen LogP contribution in [-0.2, 0) is 9.53 Å². The maximum Gasteiger partial charge on any atom is 0.262 e. The first-order valence-corrected chi connectivity index (χ1v) is 9.44. The van der Waals surface area contributed by atoms with E-state index in [0.717, 1.165) is 18.8 Å². The van der Waals surface area contributed by atoms with Gasteiger partial charge in [-0.1, -0.05) is 12.1 Å². The van der Waals surface area contributed by atoms with Crippen LogP contribution in [0.25, 0.3) is 6.08 Å². The van der Waals surface area contributed by atoms with Crippen molar-refractivity contribution < 1.29 is 30.0 Å². The highest BCUT2D eigenvalue weighted by molar-refractivity contribution is 6.01. The number of aliphatic hydroxyl groups excluding tert-OH is 4. The van der Waals surface area contributed by atoms with E-state index >= 15 is 0 Å². The molecule has 1 amide bonds. The second kappa shape index (κ2) is 10.3. The molecule has 9 heteroatoms. The van der Waals surface area contributed by atoms with Gasteiger partial charge in [0, 0.05) is 18.8 Å². The number of anilines is 1. The molecule has 1 aliphatic rings. The highest BCUT2D eigenvalue weighted by atomic mass is 16.6. The van der Waals surface area contributed by atoms with Crippen molar-refractivity contribution >= 4 is 17.7 Å². The Bertz CT molecular complexity index is 756. The summed E-state index contributed by atoms with van der Waals surface area (Å²) in [6, 6.07) is 7.77. The molecule has 2 rings (SSSR count). The summed E-state index contributed by atoms with van der Waals surface area (Å²) in [5, 5.41) is 50.7. The number of rotatable bonds is 7. The van der Waals surface area contributed by atoms with Crippen LogP contribution in [0.3, 0.4) is 0 Å². The van der Waals surface area contributed by atoms with Gasteiger partial charge in [0.15, 0.2) is 6.29 Å². The zero-order valence-electron chi connectivity index (χ0n) is 16.4. The topological polar surface area (TPSA) is 146 Å². The van der Waals surface area contributed by atoms with Gasteiger partial charge >= 0.3 is 0 Å². The van der Waals surface area contributed by atoms with Crippen LogP contribution in [-0.4, -0.2) is 76.7 Å². The van der Waals surface area contributed by atoms with Gasteiger partial charge in [-0.3, -0.25) is 4.79 Å². The smallest absolute Gasteiger partial charge is 0.262 e. The number of hydrogen-bond donors (Lipinski definition) is 5. The predicted molar refractivity (Wildman–Crippen MR) is 106 cm³/mol. The van der Waals surface area contributed by atoms with Gasteiger partial charge < -0.3 is 35.4 Å². The van der Waals surface area contributed by atoms with Crippen LogP contribution in [0.4, 0.5) is 5.69 Å². The molecule has 1 heterocycles. The molecule has 0 saturated carbocycles. The summed E-state index contributed by atoms with van der Waals surface area (Å²) in [4.78, 5) is 14.6. The molecule has 0 spiro atoms.